The SMILES string of the molecule is CN=C(NCCc1ccccn1)NCC(C)Cn1cccn1. The number of rotatable bonds is 7. The van der Waals surface area contributed by atoms with Gasteiger partial charge in [-0.25, -0.2) is 0 Å². The van der Waals surface area contributed by atoms with Crippen molar-refractivity contribution in [2.45, 2.75) is 19.9 Å². The number of aromatic nitrogens is 3. The molecule has 2 heterocycles. The van der Waals surface area contributed by atoms with E-state index in [0.717, 1.165) is 37.7 Å². The molecule has 0 radical (unpaired) electrons. The molecule has 118 valence electrons. The fourth-order valence-electron chi connectivity index (χ4n) is 2.14. The molecule has 2 aromatic heterocycles. The highest BCUT2D eigenvalue weighted by Gasteiger charge is 2.05. The normalized spacial score (nSPS) is 12.9. The van der Waals surface area contributed by atoms with Gasteiger partial charge in [-0.1, -0.05) is 13.0 Å². The molecule has 2 aromatic rings. The van der Waals surface area contributed by atoms with Crippen LogP contribution in [0, 0.1) is 5.92 Å². The van der Waals surface area contributed by atoms with Gasteiger partial charge in [0.15, 0.2) is 5.96 Å². The molecule has 0 bridgehead atoms. The van der Waals surface area contributed by atoms with Crippen molar-refractivity contribution in [3.05, 3.63) is 48.5 Å². The molecule has 0 amide bonds. The van der Waals surface area contributed by atoms with Crippen molar-refractivity contribution < 1.29 is 0 Å². The summed E-state index contributed by atoms with van der Waals surface area (Å²) in [6.07, 6.45) is 6.48. The average Bonchev–Trinajstić information content (AvgIpc) is 3.04. The molecule has 1 unspecified atom stereocenters. The van der Waals surface area contributed by atoms with Gasteiger partial charge in [0.25, 0.3) is 0 Å². The second-order valence-electron chi connectivity index (χ2n) is 5.28. The molecule has 0 aliphatic rings. The summed E-state index contributed by atoms with van der Waals surface area (Å²) in [6.45, 7) is 4.74. The van der Waals surface area contributed by atoms with Crippen LogP contribution in [0.1, 0.15) is 12.6 Å². The largest absolute Gasteiger partial charge is 0.356 e. The van der Waals surface area contributed by atoms with Gasteiger partial charge >= 0.3 is 0 Å². The molecule has 6 heteroatoms. The summed E-state index contributed by atoms with van der Waals surface area (Å²) in [4.78, 5) is 8.55. The summed E-state index contributed by atoms with van der Waals surface area (Å²) in [5, 5.41) is 10.9. The van der Waals surface area contributed by atoms with Gasteiger partial charge in [0.05, 0.1) is 0 Å². The summed E-state index contributed by atoms with van der Waals surface area (Å²) < 4.78 is 1.95. The molecule has 0 aromatic carbocycles. The van der Waals surface area contributed by atoms with Crippen LogP contribution in [0.5, 0.6) is 0 Å². The molecule has 0 aliphatic carbocycles. The summed E-state index contributed by atoms with van der Waals surface area (Å²) in [5.41, 5.74) is 1.08. The van der Waals surface area contributed by atoms with E-state index in [1.807, 2.05) is 41.3 Å². The van der Waals surface area contributed by atoms with E-state index in [-0.39, 0.29) is 0 Å². The first-order valence-electron chi connectivity index (χ1n) is 7.60. The Morgan fingerprint density at radius 3 is 2.86 bits per heavy atom. The molecule has 0 spiro atoms. The highest BCUT2D eigenvalue weighted by Crippen LogP contribution is 1.98. The zero-order valence-corrected chi connectivity index (χ0v) is 13.2. The maximum absolute atomic E-state index is 4.31. The van der Waals surface area contributed by atoms with Gasteiger partial charge in [-0.2, -0.15) is 5.10 Å². The second kappa shape index (κ2) is 8.81. The van der Waals surface area contributed by atoms with E-state index in [9.17, 15) is 0 Å². The van der Waals surface area contributed by atoms with Crippen molar-refractivity contribution in [1.29, 1.82) is 0 Å². The lowest BCUT2D eigenvalue weighted by Crippen LogP contribution is -2.40. The zero-order chi connectivity index (χ0) is 15.6. The number of hydrogen-bond donors (Lipinski definition) is 2. The van der Waals surface area contributed by atoms with Crippen LogP contribution in [0.15, 0.2) is 47.8 Å². The number of aliphatic imine (C=N–C) groups is 1. The number of guanidine groups is 1. The maximum Gasteiger partial charge on any atom is 0.190 e. The van der Waals surface area contributed by atoms with Crippen LogP contribution in [0.4, 0.5) is 0 Å². The lowest BCUT2D eigenvalue weighted by molar-refractivity contribution is 0.443. The van der Waals surface area contributed by atoms with Crippen LogP contribution in [-0.4, -0.2) is 40.9 Å². The molecule has 6 nitrogen and oxygen atoms in total. The molecule has 1 atom stereocenters. The Morgan fingerprint density at radius 1 is 1.27 bits per heavy atom. The van der Waals surface area contributed by atoms with Crippen LogP contribution in [0.25, 0.3) is 0 Å². The van der Waals surface area contributed by atoms with Crippen molar-refractivity contribution in [2.75, 3.05) is 20.1 Å². The van der Waals surface area contributed by atoms with Gasteiger partial charge in [0.1, 0.15) is 0 Å². The van der Waals surface area contributed by atoms with E-state index >= 15 is 0 Å². The van der Waals surface area contributed by atoms with Crippen LogP contribution >= 0.6 is 0 Å². The van der Waals surface area contributed by atoms with E-state index in [4.69, 9.17) is 0 Å². The van der Waals surface area contributed by atoms with Crippen molar-refractivity contribution in [3.63, 3.8) is 0 Å². The van der Waals surface area contributed by atoms with Gasteiger partial charge in [-0.05, 0) is 24.1 Å². The lowest BCUT2D eigenvalue weighted by atomic mass is 10.2. The molecule has 22 heavy (non-hydrogen) atoms. The van der Waals surface area contributed by atoms with E-state index in [2.05, 4.69) is 32.6 Å². The zero-order valence-electron chi connectivity index (χ0n) is 13.2. The number of nitrogens with zero attached hydrogens (tertiary/aromatic N) is 4. The smallest absolute Gasteiger partial charge is 0.190 e. The van der Waals surface area contributed by atoms with Crippen molar-refractivity contribution in [2.24, 2.45) is 10.9 Å². The van der Waals surface area contributed by atoms with E-state index < -0.39 is 0 Å². The quantitative estimate of drug-likeness (QED) is 0.598. The summed E-state index contributed by atoms with van der Waals surface area (Å²) in [5.74, 6) is 1.29. The highest BCUT2D eigenvalue weighted by molar-refractivity contribution is 5.79. The van der Waals surface area contributed by atoms with Crippen LogP contribution in [0.2, 0.25) is 0 Å². The Morgan fingerprint density at radius 2 is 2.18 bits per heavy atom. The minimum absolute atomic E-state index is 0.467. The Kier molecular flexibility index (Phi) is 6.41. The molecule has 2 rings (SSSR count). The predicted molar refractivity (Wildman–Crippen MR) is 88.7 cm³/mol. The molecule has 0 fully saturated rings. The van der Waals surface area contributed by atoms with Crippen LogP contribution in [-0.2, 0) is 13.0 Å². The van der Waals surface area contributed by atoms with Crippen LogP contribution in [0.3, 0.4) is 0 Å². The van der Waals surface area contributed by atoms with E-state index in [1.54, 1.807) is 13.2 Å². The topological polar surface area (TPSA) is 67.1 Å². The summed E-state index contributed by atoms with van der Waals surface area (Å²) >= 11 is 0. The summed E-state index contributed by atoms with van der Waals surface area (Å²) in [7, 11) is 1.79. The fraction of sp³-hybridized carbons (Fsp3) is 0.438. The average molecular weight is 300 g/mol. The number of hydrogen-bond acceptors (Lipinski definition) is 3. The number of pyridine rings is 1. The Balaban J connectivity index is 1.66. The first-order valence-corrected chi connectivity index (χ1v) is 7.60. The fourth-order valence-corrected chi connectivity index (χ4v) is 2.14. The van der Waals surface area contributed by atoms with Gasteiger partial charge < -0.3 is 10.6 Å². The third kappa shape index (κ3) is 5.55. The predicted octanol–water partition coefficient (Wildman–Crippen LogP) is 1.32. The maximum atomic E-state index is 4.31. The molecular weight excluding hydrogens is 276 g/mol. The summed E-state index contributed by atoms with van der Waals surface area (Å²) in [6, 6.07) is 7.91. The highest BCUT2D eigenvalue weighted by atomic mass is 15.3. The third-order valence-corrected chi connectivity index (χ3v) is 3.30. The Bertz CT molecular complexity index is 549. The second-order valence-corrected chi connectivity index (χ2v) is 5.28. The molecular formula is C16H24N6. The standard InChI is InChI=1S/C16H24N6/c1-14(13-22-11-5-9-21-22)12-20-16(17-2)19-10-7-15-6-3-4-8-18-15/h3-6,8-9,11,14H,7,10,12-13H2,1-2H3,(H2,17,19,20). The van der Waals surface area contributed by atoms with Crippen LogP contribution < -0.4 is 10.6 Å². The molecule has 0 saturated heterocycles. The first-order chi connectivity index (χ1) is 10.8. The van der Waals surface area contributed by atoms with E-state index in [0.29, 0.717) is 5.92 Å². The van der Waals surface area contributed by atoms with Crippen molar-refractivity contribution in [3.8, 4) is 0 Å². The first kappa shape index (κ1) is 16.0. The van der Waals surface area contributed by atoms with Gasteiger partial charge in [-0.3, -0.25) is 14.7 Å². The van der Waals surface area contributed by atoms with Gasteiger partial charge in [-0.15, -0.1) is 0 Å². The Labute approximate surface area is 131 Å². The van der Waals surface area contributed by atoms with Gasteiger partial charge in [0.2, 0.25) is 0 Å². The molecule has 0 aliphatic heterocycles. The molecule has 0 saturated carbocycles. The molecule has 2 N–H and O–H groups in total. The van der Waals surface area contributed by atoms with E-state index in [1.165, 1.54) is 0 Å². The lowest BCUT2D eigenvalue weighted by Gasteiger charge is -2.16. The Hall–Kier alpha value is -2.37. The van der Waals surface area contributed by atoms with Crippen molar-refractivity contribution in [1.82, 2.24) is 25.4 Å². The van der Waals surface area contributed by atoms with Gasteiger partial charge in [0, 0.05) is 57.4 Å². The number of nitrogens with one attached hydrogen (secondary N) is 2. The minimum Gasteiger partial charge on any atom is -0.356 e. The van der Waals surface area contributed by atoms with Crippen molar-refractivity contribution >= 4 is 5.96 Å². The third-order valence-electron chi connectivity index (χ3n) is 3.30. The monoisotopic (exact) mass is 300 g/mol. The minimum atomic E-state index is 0.467.